The van der Waals surface area contributed by atoms with E-state index in [1.807, 2.05) is 18.2 Å². The predicted molar refractivity (Wildman–Crippen MR) is 97.0 cm³/mol. The van der Waals surface area contributed by atoms with Crippen LogP contribution in [0.4, 0.5) is 5.69 Å². The zero-order chi connectivity index (χ0) is 19.3. The van der Waals surface area contributed by atoms with Gasteiger partial charge in [-0.25, -0.2) is 0 Å². The van der Waals surface area contributed by atoms with Crippen molar-refractivity contribution in [2.45, 2.75) is 39.2 Å². The minimum absolute atomic E-state index is 0.135. The molecule has 0 aliphatic carbocycles. The number of esters is 1. The zero-order valence-electron chi connectivity index (χ0n) is 15.8. The Labute approximate surface area is 153 Å². The number of rotatable bonds is 7. The smallest absolute Gasteiger partial charge is 0.307 e. The Kier molecular flexibility index (Phi) is 6.23. The number of hydrogen-bond acceptors (Lipinski definition) is 5. The summed E-state index contributed by atoms with van der Waals surface area (Å²) >= 11 is 0. The predicted octanol–water partition coefficient (Wildman–Crippen LogP) is 1.99. The standard InChI is InChI=1S/C19H26N2O5/c1-5-25-17(23)11-12-20(4)16(22)10-13-21-14-8-6-7-9-15(14)26-19(2,3)18(21)24/h6-9H,5,10-13H2,1-4H3. The topological polar surface area (TPSA) is 76.2 Å². The zero-order valence-corrected chi connectivity index (χ0v) is 15.8. The molecule has 0 fully saturated rings. The molecule has 0 spiro atoms. The number of nitrogens with zero attached hydrogens (tertiary/aromatic N) is 2. The van der Waals surface area contributed by atoms with Gasteiger partial charge in [0, 0.05) is 26.6 Å². The first-order valence-electron chi connectivity index (χ1n) is 8.76. The Morgan fingerprint density at radius 3 is 2.62 bits per heavy atom. The summed E-state index contributed by atoms with van der Waals surface area (Å²) in [5.41, 5.74) is -0.313. The molecule has 7 heteroatoms. The lowest BCUT2D eigenvalue weighted by Crippen LogP contribution is -2.53. The van der Waals surface area contributed by atoms with Crippen molar-refractivity contribution in [3.05, 3.63) is 24.3 Å². The van der Waals surface area contributed by atoms with Gasteiger partial charge >= 0.3 is 5.97 Å². The van der Waals surface area contributed by atoms with Crippen molar-refractivity contribution >= 4 is 23.5 Å². The first-order chi connectivity index (χ1) is 12.3. The van der Waals surface area contributed by atoms with Crippen LogP contribution in [0.5, 0.6) is 5.75 Å². The number of anilines is 1. The highest BCUT2D eigenvalue weighted by molar-refractivity contribution is 6.02. The van der Waals surface area contributed by atoms with Gasteiger partial charge in [-0.1, -0.05) is 12.1 Å². The van der Waals surface area contributed by atoms with Gasteiger partial charge in [0.15, 0.2) is 5.60 Å². The molecular weight excluding hydrogens is 336 g/mol. The normalized spacial score (nSPS) is 15.1. The number of carbonyl (C=O) groups excluding carboxylic acids is 3. The van der Waals surface area contributed by atoms with Gasteiger partial charge in [0.25, 0.3) is 5.91 Å². The maximum absolute atomic E-state index is 12.7. The number of para-hydroxylation sites is 2. The fourth-order valence-corrected chi connectivity index (χ4v) is 2.76. The number of fused-ring (bicyclic) bond motifs is 1. The Balaban J connectivity index is 1.98. The molecule has 1 aliphatic rings. The van der Waals surface area contributed by atoms with Gasteiger partial charge in [0.05, 0.1) is 18.7 Å². The molecule has 1 aliphatic heterocycles. The number of amides is 2. The highest BCUT2D eigenvalue weighted by atomic mass is 16.5. The summed E-state index contributed by atoms with van der Waals surface area (Å²) < 4.78 is 10.6. The summed E-state index contributed by atoms with van der Waals surface area (Å²) in [6.45, 7) is 6.04. The van der Waals surface area contributed by atoms with Crippen molar-refractivity contribution < 1.29 is 23.9 Å². The molecule has 0 aromatic heterocycles. The maximum atomic E-state index is 12.7. The Bertz CT molecular complexity index is 686. The van der Waals surface area contributed by atoms with Crippen molar-refractivity contribution in [1.29, 1.82) is 0 Å². The molecule has 142 valence electrons. The molecule has 2 amide bonds. The molecule has 2 rings (SSSR count). The average molecular weight is 362 g/mol. The van der Waals surface area contributed by atoms with Crippen LogP contribution < -0.4 is 9.64 Å². The minimum atomic E-state index is -0.979. The molecule has 0 saturated heterocycles. The first-order valence-corrected chi connectivity index (χ1v) is 8.76. The second kappa shape index (κ2) is 8.21. The largest absolute Gasteiger partial charge is 0.476 e. The summed E-state index contributed by atoms with van der Waals surface area (Å²) in [6.07, 6.45) is 0.317. The number of ether oxygens (including phenoxy) is 2. The highest BCUT2D eigenvalue weighted by Gasteiger charge is 2.40. The Morgan fingerprint density at radius 1 is 1.23 bits per heavy atom. The summed E-state index contributed by atoms with van der Waals surface area (Å²) in [6, 6.07) is 7.28. The molecule has 0 bridgehead atoms. The molecular formula is C19H26N2O5. The molecule has 0 saturated carbocycles. The second-order valence-electron chi connectivity index (χ2n) is 6.66. The van der Waals surface area contributed by atoms with Crippen molar-refractivity contribution in [3.8, 4) is 5.75 Å². The van der Waals surface area contributed by atoms with E-state index in [0.717, 1.165) is 0 Å². The average Bonchev–Trinajstić information content (AvgIpc) is 2.59. The summed E-state index contributed by atoms with van der Waals surface area (Å²) in [5, 5.41) is 0. The van der Waals surface area contributed by atoms with Crippen LogP contribution in [-0.2, 0) is 19.1 Å². The molecule has 0 unspecified atom stereocenters. The molecule has 0 radical (unpaired) electrons. The number of hydrogen-bond donors (Lipinski definition) is 0. The lowest BCUT2D eigenvalue weighted by atomic mass is 10.0. The van der Waals surface area contributed by atoms with Crippen molar-refractivity contribution in [1.82, 2.24) is 4.90 Å². The summed E-state index contributed by atoms with van der Waals surface area (Å²) in [5.74, 6) is -0.0200. The van der Waals surface area contributed by atoms with Crippen LogP contribution in [0.2, 0.25) is 0 Å². The van der Waals surface area contributed by atoms with E-state index < -0.39 is 5.60 Å². The van der Waals surface area contributed by atoms with Crippen LogP contribution in [-0.4, -0.2) is 55.0 Å². The SMILES string of the molecule is CCOC(=O)CCN(C)C(=O)CCN1C(=O)C(C)(C)Oc2ccccc21. The summed E-state index contributed by atoms with van der Waals surface area (Å²) in [7, 11) is 1.64. The van der Waals surface area contributed by atoms with E-state index in [4.69, 9.17) is 9.47 Å². The number of benzene rings is 1. The fourth-order valence-electron chi connectivity index (χ4n) is 2.76. The molecule has 0 atom stereocenters. The lowest BCUT2D eigenvalue weighted by molar-refractivity contribution is -0.143. The van der Waals surface area contributed by atoms with E-state index >= 15 is 0 Å². The van der Waals surface area contributed by atoms with Gasteiger partial charge in [-0.3, -0.25) is 14.4 Å². The van der Waals surface area contributed by atoms with Gasteiger partial charge in [0.2, 0.25) is 5.91 Å². The van der Waals surface area contributed by atoms with Crippen LogP contribution in [0.3, 0.4) is 0 Å². The molecule has 1 aromatic rings. The van der Waals surface area contributed by atoms with E-state index in [1.165, 1.54) is 4.90 Å². The third-order valence-electron chi connectivity index (χ3n) is 4.21. The molecule has 1 aromatic carbocycles. The van der Waals surface area contributed by atoms with E-state index in [1.54, 1.807) is 38.8 Å². The molecule has 0 N–H and O–H groups in total. The first kappa shape index (κ1) is 19.8. The third-order valence-corrected chi connectivity index (χ3v) is 4.21. The molecule has 1 heterocycles. The summed E-state index contributed by atoms with van der Waals surface area (Å²) in [4.78, 5) is 39.5. The van der Waals surface area contributed by atoms with Crippen LogP contribution in [0.25, 0.3) is 0 Å². The van der Waals surface area contributed by atoms with Crippen molar-refractivity contribution in [2.75, 3.05) is 31.6 Å². The van der Waals surface area contributed by atoms with Gasteiger partial charge < -0.3 is 19.3 Å². The van der Waals surface area contributed by atoms with Crippen molar-refractivity contribution in [2.24, 2.45) is 0 Å². The van der Waals surface area contributed by atoms with Crippen LogP contribution in [0.1, 0.15) is 33.6 Å². The van der Waals surface area contributed by atoms with E-state index in [2.05, 4.69) is 0 Å². The van der Waals surface area contributed by atoms with E-state index in [-0.39, 0.29) is 43.7 Å². The Morgan fingerprint density at radius 2 is 1.92 bits per heavy atom. The van der Waals surface area contributed by atoms with E-state index in [9.17, 15) is 14.4 Å². The monoisotopic (exact) mass is 362 g/mol. The van der Waals surface area contributed by atoms with Gasteiger partial charge in [-0.05, 0) is 32.9 Å². The molecule has 7 nitrogen and oxygen atoms in total. The highest BCUT2D eigenvalue weighted by Crippen LogP contribution is 2.37. The minimum Gasteiger partial charge on any atom is -0.476 e. The fraction of sp³-hybridized carbons (Fsp3) is 0.526. The lowest BCUT2D eigenvalue weighted by Gasteiger charge is -2.38. The van der Waals surface area contributed by atoms with Crippen LogP contribution in [0, 0.1) is 0 Å². The maximum Gasteiger partial charge on any atom is 0.307 e. The van der Waals surface area contributed by atoms with Gasteiger partial charge in [0.1, 0.15) is 5.75 Å². The van der Waals surface area contributed by atoms with Crippen LogP contribution >= 0.6 is 0 Å². The van der Waals surface area contributed by atoms with Gasteiger partial charge in [-0.15, -0.1) is 0 Å². The third kappa shape index (κ3) is 4.53. The Hall–Kier alpha value is -2.57. The quantitative estimate of drug-likeness (QED) is 0.694. The van der Waals surface area contributed by atoms with Crippen molar-refractivity contribution in [3.63, 3.8) is 0 Å². The molecule has 26 heavy (non-hydrogen) atoms. The van der Waals surface area contributed by atoms with E-state index in [0.29, 0.717) is 18.0 Å². The van der Waals surface area contributed by atoms with Crippen LogP contribution in [0.15, 0.2) is 24.3 Å². The second-order valence-corrected chi connectivity index (χ2v) is 6.66. The van der Waals surface area contributed by atoms with Gasteiger partial charge in [-0.2, -0.15) is 0 Å². The number of carbonyl (C=O) groups is 3.